The number of carboxylic acid groups (broad SMARTS) is 1. The second-order valence-electron chi connectivity index (χ2n) is 8.00. The molecule has 1 aromatic heterocycles. The first-order valence-corrected chi connectivity index (χ1v) is 10.9. The molecule has 10 N–H and O–H groups in total. The van der Waals surface area contributed by atoms with Gasteiger partial charge in [0.1, 0.15) is 24.4 Å². The van der Waals surface area contributed by atoms with Crippen molar-refractivity contribution in [2.24, 2.45) is 11.5 Å². The number of hydrogen-bond acceptors (Lipinski definition) is 8. The molecule has 0 saturated carbocycles. The number of nitrogens with two attached hydrogens (primary N) is 2. The Morgan fingerprint density at radius 3 is 2.22 bits per heavy atom. The third kappa shape index (κ3) is 9.42. The Balaban J connectivity index is 2.13. The number of benzene rings is 1. The molecule has 3 atom stereocenters. The molecule has 194 valence electrons. The quantitative estimate of drug-likeness (QED) is 0.137. The minimum Gasteiger partial charge on any atom is -0.508 e. The van der Waals surface area contributed by atoms with Gasteiger partial charge in [0.25, 0.3) is 0 Å². The van der Waals surface area contributed by atoms with Crippen LogP contribution in [0.25, 0.3) is 0 Å². The highest BCUT2D eigenvalue weighted by Crippen LogP contribution is 2.11. The second-order valence-corrected chi connectivity index (χ2v) is 8.00. The first-order valence-electron chi connectivity index (χ1n) is 10.9. The van der Waals surface area contributed by atoms with Crippen LogP contribution in [0.1, 0.15) is 24.1 Å². The van der Waals surface area contributed by atoms with Gasteiger partial charge in [0.05, 0.1) is 12.4 Å². The molecule has 1 heterocycles. The molecule has 3 unspecified atom stereocenters. The van der Waals surface area contributed by atoms with E-state index in [-0.39, 0.29) is 31.4 Å². The number of imidazole rings is 1. The van der Waals surface area contributed by atoms with Gasteiger partial charge in [-0.3, -0.25) is 24.0 Å². The molecule has 0 spiro atoms. The summed E-state index contributed by atoms with van der Waals surface area (Å²) in [6.45, 7) is -0.692. The lowest BCUT2D eigenvalue weighted by molar-refractivity contribution is -0.138. The number of aromatic hydroxyl groups is 1. The zero-order chi connectivity index (χ0) is 26.7. The van der Waals surface area contributed by atoms with Crippen molar-refractivity contribution < 1.29 is 34.2 Å². The van der Waals surface area contributed by atoms with Gasteiger partial charge in [0, 0.05) is 24.7 Å². The first-order chi connectivity index (χ1) is 17.0. The van der Waals surface area contributed by atoms with Gasteiger partial charge < -0.3 is 42.6 Å². The Morgan fingerprint density at radius 2 is 1.64 bits per heavy atom. The number of hydrogen-bond donors (Lipinski definition) is 8. The molecule has 36 heavy (non-hydrogen) atoms. The van der Waals surface area contributed by atoms with Crippen molar-refractivity contribution in [1.29, 1.82) is 0 Å². The number of nitrogens with zero attached hydrogens (tertiary/aromatic N) is 1. The largest absolute Gasteiger partial charge is 0.508 e. The van der Waals surface area contributed by atoms with Crippen LogP contribution in [0.15, 0.2) is 36.8 Å². The molecule has 0 fully saturated rings. The molecule has 14 nitrogen and oxygen atoms in total. The van der Waals surface area contributed by atoms with Crippen LogP contribution >= 0.6 is 0 Å². The summed E-state index contributed by atoms with van der Waals surface area (Å²) in [4.78, 5) is 66.9. The van der Waals surface area contributed by atoms with Gasteiger partial charge >= 0.3 is 5.97 Å². The molecule has 4 amide bonds. The lowest BCUT2D eigenvalue weighted by Gasteiger charge is -2.24. The number of aromatic nitrogens is 2. The standard InChI is InChI=1S/C22H29N7O7/c23-15(7-12-1-3-14(30)4-2-12)20(34)29-17(8-13-9-25-11-27-13)22(36)28-16(5-6-18(24)31)21(35)26-10-19(32)33/h1-4,9,11,15-17,30H,5-8,10,23H2,(H2,24,31)(H,25,27)(H,26,35)(H,28,36)(H,29,34)(H,32,33). The van der Waals surface area contributed by atoms with Crippen LogP contribution in [0.3, 0.4) is 0 Å². The van der Waals surface area contributed by atoms with E-state index in [4.69, 9.17) is 16.6 Å². The summed E-state index contributed by atoms with van der Waals surface area (Å²) in [5.74, 6) is -4.20. The molecule has 0 aliphatic carbocycles. The van der Waals surface area contributed by atoms with Crippen molar-refractivity contribution in [3.63, 3.8) is 0 Å². The molecular weight excluding hydrogens is 474 g/mol. The van der Waals surface area contributed by atoms with Gasteiger partial charge in [-0.25, -0.2) is 4.98 Å². The summed E-state index contributed by atoms with van der Waals surface area (Å²) in [7, 11) is 0. The molecule has 2 aromatic rings. The van der Waals surface area contributed by atoms with Gasteiger partial charge in [-0.05, 0) is 30.5 Å². The van der Waals surface area contributed by atoms with Crippen molar-refractivity contribution in [2.45, 2.75) is 43.8 Å². The normalized spacial score (nSPS) is 13.1. The molecule has 0 radical (unpaired) electrons. The van der Waals surface area contributed by atoms with E-state index in [1.807, 2.05) is 0 Å². The monoisotopic (exact) mass is 503 g/mol. The van der Waals surface area contributed by atoms with Crippen molar-refractivity contribution in [3.05, 3.63) is 48.0 Å². The first kappa shape index (κ1) is 27.8. The Labute approximate surface area is 205 Å². The highest BCUT2D eigenvalue weighted by molar-refractivity contribution is 5.94. The van der Waals surface area contributed by atoms with Crippen molar-refractivity contribution in [1.82, 2.24) is 25.9 Å². The number of phenolic OH excluding ortho intramolecular Hbond substituents is 1. The lowest BCUT2D eigenvalue weighted by atomic mass is 10.0. The molecule has 0 saturated heterocycles. The third-order valence-electron chi connectivity index (χ3n) is 5.07. The number of amides is 4. The number of rotatable bonds is 14. The highest BCUT2D eigenvalue weighted by Gasteiger charge is 2.29. The van der Waals surface area contributed by atoms with Crippen LogP contribution in [0, 0.1) is 0 Å². The topological polar surface area (TPSA) is 243 Å². The second kappa shape index (κ2) is 13.4. The molecule has 0 aliphatic heterocycles. The zero-order valence-corrected chi connectivity index (χ0v) is 19.3. The van der Waals surface area contributed by atoms with Crippen LogP contribution in [-0.2, 0) is 36.8 Å². The summed E-state index contributed by atoms with van der Waals surface area (Å²) in [6.07, 6.45) is 2.51. The predicted molar refractivity (Wildman–Crippen MR) is 125 cm³/mol. The number of carbonyl (C=O) groups excluding carboxylic acids is 4. The summed E-state index contributed by atoms with van der Waals surface area (Å²) in [5.41, 5.74) is 12.3. The number of nitrogens with one attached hydrogen (secondary N) is 4. The van der Waals surface area contributed by atoms with E-state index in [9.17, 15) is 29.1 Å². The van der Waals surface area contributed by atoms with E-state index < -0.39 is 54.3 Å². The minimum atomic E-state index is -1.30. The molecule has 0 aliphatic rings. The van der Waals surface area contributed by atoms with E-state index in [0.29, 0.717) is 11.3 Å². The molecular formula is C22H29N7O7. The molecule has 1 aromatic carbocycles. The van der Waals surface area contributed by atoms with Crippen molar-refractivity contribution in [3.8, 4) is 5.75 Å². The minimum absolute atomic E-state index is 0.0250. The van der Waals surface area contributed by atoms with E-state index in [0.717, 1.165) is 0 Å². The van der Waals surface area contributed by atoms with E-state index >= 15 is 0 Å². The van der Waals surface area contributed by atoms with Crippen LogP contribution in [0.5, 0.6) is 5.75 Å². The maximum atomic E-state index is 13.1. The zero-order valence-electron chi connectivity index (χ0n) is 19.3. The highest BCUT2D eigenvalue weighted by atomic mass is 16.4. The van der Waals surface area contributed by atoms with Gasteiger partial charge in [-0.15, -0.1) is 0 Å². The number of phenols is 1. The Kier molecular flexibility index (Phi) is 10.4. The van der Waals surface area contributed by atoms with E-state index in [1.165, 1.54) is 24.7 Å². The summed E-state index contributed by atoms with van der Waals surface area (Å²) < 4.78 is 0. The number of carbonyl (C=O) groups is 5. The van der Waals surface area contributed by atoms with Crippen LogP contribution in [-0.4, -0.2) is 74.4 Å². The van der Waals surface area contributed by atoms with E-state index in [2.05, 4.69) is 25.9 Å². The molecule has 0 bridgehead atoms. The summed E-state index contributed by atoms with van der Waals surface area (Å²) >= 11 is 0. The fourth-order valence-electron chi connectivity index (χ4n) is 3.20. The summed E-state index contributed by atoms with van der Waals surface area (Å²) in [6, 6.07) is 2.62. The SMILES string of the molecule is NC(=O)CCC(NC(=O)C(Cc1cnc[nH]1)NC(=O)C(N)Cc1ccc(O)cc1)C(=O)NCC(=O)O. The maximum absolute atomic E-state index is 13.1. The maximum Gasteiger partial charge on any atom is 0.322 e. The Morgan fingerprint density at radius 1 is 0.972 bits per heavy atom. The van der Waals surface area contributed by atoms with Crippen LogP contribution in [0.2, 0.25) is 0 Å². The number of H-pyrrole nitrogens is 1. The van der Waals surface area contributed by atoms with E-state index in [1.54, 1.807) is 12.1 Å². The van der Waals surface area contributed by atoms with Crippen molar-refractivity contribution >= 4 is 29.6 Å². The number of aliphatic carboxylic acids is 1. The van der Waals surface area contributed by atoms with Gasteiger partial charge in [-0.1, -0.05) is 12.1 Å². The lowest BCUT2D eigenvalue weighted by Crippen LogP contribution is -2.57. The smallest absolute Gasteiger partial charge is 0.322 e. The Hall–Kier alpha value is -4.46. The molecule has 14 heteroatoms. The number of aromatic amines is 1. The molecule has 2 rings (SSSR count). The summed E-state index contributed by atoms with van der Waals surface area (Å²) in [5, 5.41) is 25.3. The fraction of sp³-hybridized carbons (Fsp3) is 0.364. The van der Waals surface area contributed by atoms with Crippen LogP contribution < -0.4 is 27.4 Å². The third-order valence-corrected chi connectivity index (χ3v) is 5.07. The predicted octanol–water partition coefficient (Wildman–Crippen LogP) is -2.34. The van der Waals surface area contributed by atoms with Gasteiger partial charge in [0.15, 0.2) is 0 Å². The van der Waals surface area contributed by atoms with Crippen LogP contribution in [0.4, 0.5) is 0 Å². The fourth-order valence-corrected chi connectivity index (χ4v) is 3.20. The number of carboxylic acids is 1. The van der Waals surface area contributed by atoms with Gasteiger partial charge in [-0.2, -0.15) is 0 Å². The Bertz CT molecular complexity index is 1060. The average molecular weight is 504 g/mol. The van der Waals surface area contributed by atoms with Gasteiger partial charge in [0.2, 0.25) is 23.6 Å². The van der Waals surface area contributed by atoms with Crippen molar-refractivity contribution in [2.75, 3.05) is 6.54 Å². The average Bonchev–Trinajstić information content (AvgIpc) is 3.34. The number of primary amides is 1.